The highest BCUT2D eigenvalue weighted by molar-refractivity contribution is 5.89. The molecule has 1 aliphatic heterocycles. The molecule has 1 saturated heterocycles. The molecule has 2 rings (SSSR count). The van der Waals surface area contributed by atoms with E-state index in [2.05, 4.69) is 17.4 Å². The molecule has 1 fully saturated rings. The minimum atomic E-state index is 0.102. The van der Waals surface area contributed by atoms with E-state index in [1.807, 2.05) is 32.0 Å². The number of carbonyl (C=O) groups is 1. The number of benzene rings is 1. The molecule has 0 aromatic heterocycles. The summed E-state index contributed by atoms with van der Waals surface area (Å²) in [6.07, 6.45) is 0.962. The summed E-state index contributed by atoms with van der Waals surface area (Å²) in [6, 6.07) is 10.8. The van der Waals surface area contributed by atoms with Crippen LogP contribution in [0, 0.1) is 5.92 Å². The number of Topliss-reactive ketones (excluding diaryl/α,β-unsaturated/α-hetero) is 1. The SMILES string of the molecule is CC(C)C(=O)C1NC1Cc1ccccc1. The van der Waals surface area contributed by atoms with E-state index in [0.29, 0.717) is 11.8 Å². The van der Waals surface area contributed by atoms with Crippen molar-refractivity contribution >= 4 is 5.78 Å². The lowest BCUT2D eigenvalue weighted by Crippen LogP contribution is -2.17. The molecule has 1 N–H and O–H groups in total. The molecule has 0 saturated carbocycles. The smallest absolute Gasteiger partial charge is 0.153 e. The van der Waals surface area contributed by atoms with Gasteiger partial charge in [-0.3, -0.25) is 4.79 Å². The van der Waals surface area contributed by atoms with Crippen LogP contribution in [0.2, 0.25) is 0 Å². The van der Waals surface area contributed by atoms with Gasteiger partial charge in [-0.1, -0.05) is 44.2 Å². The van der Waals surface area contributed by atoms with E-state index < -0.39 is 0 Å². The Kier molecular flexibility index (Phi) is 2.87. The molecular formula is C13H17NO. The van der Waals surface area contributed by atoms with Crippen LogP contribution in [-0.2, 0) is 11.2 Å². The van der Waals surface area contributed by atoms with E-state index in [9.17, 15) is 4.79 Å². The van der Waals surface area contributed by atoms with E-state index in [0.717, 1.165) is 6.42 Å². The molecule has 2 unspecified atom stereocenters. The lowest BCUT2D eigenvalue weighted by atomic mass is 10.0. The van der Waals surface area contributed by atoms with Crippen LogP contribution in [0.3, 0.4) is 0 Å². The summed E-state index contributed by atoms with van der Waals surface area (Å²) >= 11 is 0. The van der Waals surface area contributed by atoms with Gasteiger partial charge < -0.3 is 5.32 Å². The Bertz CT molecular complexity index is 345. The first-order chi connectivity index (χ1) is 7.18. The first-order valence-electron chi connectivity index (χ1n) is 5.52. The van der Waals surface area contributed by atoms with Crippen LogP contribution in [0.4, 0.5) is 0 Å². The van der Waals surface area contributed by atoms with Crippen LogP contribution in [0.5, 0.6) is 0 Å². The summed E-state index contributed by atoms with van der Waals surface area (Å²) in [4.78, 5) is 11.6. The van der Waals surface area contributed by atoms with E-state index in [-0.39, 0.29) is 12.0 Å². The number of carbonyl (C=O) groups excluding carboxylic acids is 1. The van der Waals surface area contributed by atoms with Gasteiger partial charge >= 0.3 is 0 Å². The zero-order chi connectivity index (χ0) is 10.8. The van der Waals surface area contributed by atoms with E-state index in [1.54, 1.807) is 0 Å². The molecule has 2 atom stereocenters. The van der Waals surface area contributed by atoms with Crippen molar-refractivity contribution in [3.05, 3.63) is 35.9 Å². The third-order valence-electron chi connectivity index (χ3n) is 2.86. The maximum atomic E-state index is 11.6. The predicted octanol–water partition coefficient (Wildman–Crippen LogP) is 1.79. The van der Waals surface area contributed by atoms with Gasteiger partial charge in [-0.05, 0) is 12.0 Å². The van der Waals surface area contributed by atoms with Crippen molar-refractivity contribution in [2.45, 2.75) is 32.4 Å². The summed E-state index contributed by atoms with van der Waals surface area (Å²) in [5.41, 5.74) is 1.30. The molecule has 0 spiro atoms. The number of nitrogens with one attached hydrogen (secondary N) is 1. The number of hydrogen-bond acceptors (Lipinski definition) is 2. The molecule has 1 aromatic rings. The highest BCUT2D eigenvalue weighted by Crippen LogP contribution is 2.20. The standard InChI is InChI=1S/C13H17NO/c1-9(2)13(15)12-11(14-12)8-10-6-4-3-5-7-10/h3-7,9,11-12,14H,8H2,1-2H3. The first-order valence-corrected chi connectivity index (χ1v) is 5.52. The average Bonchev–Trinajstić information content (AvgIpc) is 2.97. The zero-order valence-electron chi connectivity index (χ0n) is 9.23. The Morgan fingerprint density at radius 3 is 2.60 bits per heavy atom. The topological polar surface area (TPSA) is 39.0 Å². The van der Waals surface area contributed by atoms with Crippen molar-refractivity contribution in [2.75, 3.05) is 0 Å². The van der Waals surface area contributed by atoms with Crippen molar-refractivity contribution in [1.29, 1.82) is 0 Å². The molecule has 80 valence electrons. The van der Waals surface area contributed by atoms with Gasteiger partial charge in [0.25, 0.3) is 0 Å². The third kappa shape index (κ3) is 2.45. The largest absolute Gasteiger partial charge is 0.301 e. The molecule has 1 aliphatic rings. The number of rotatable bonds is 4. The molecule has 2 heteroatoms. The molecule has 0 amide bonds. The third-order valence-corrected chi connectivity index (χ3v) is 2.86. The molecule has 15 heavy (non-hydrogen) atoms. The van der Waals surface area contributed by atoms with Crippen LogP contribution in [0.1, 0.15) is 19.4 Å². The molecule has 0 radical (unpaired) electrons. The fraction of sp³-hybridized carbons (Fsp3) is 0.462. The highest BCUT2D eigenvalue weighted by atomic mass is 16.1. The molecular weight excluding hydrogens is 186 g/mol. The maximum Gasteiger partial charge on any atom is 0.153 e. The van der Waals surface area contributed by atoms with Gasteiger partial charge in [0.1, 0.15) is 0 Å². The van der Waals surface area contributed by atoms with Crippen LogP contribution in [0.15, 0.2) is 30.3 Å². The van der Waals surface area contributed by atoms with E-state index in [1.165, 1.54) is 5.56 Å². The quantitative estimate of drug-likeness (QED) is 0.758. The summed E-state index contributed by atoms with van der Waals surface area (Å²) in [5, 5.41) is 3.25. The Hall–Kier alpha value is -1.15. The monoisotopic (exact) mass is 203 g/mol. The lowest BCUT2D eigenvalue weighted by Gasteiger charge is -2.01. The Morgan fingerprint density at radius 2 is 2.00 bits per heavy atom. The number of ketones is 1. The fourth-order valence-corrected chi connectivity index (χ4v) is 1.86. The van der Waals surface area contributed by atoms with Gasteiger partial charge in [-0.15, -0.1) is 0 Å². The second-order valence-corrected chi connectivity index (χ2v) is 4.50. The Balaban J connectivity index is 1.88. The summed E-state index contributed by atoms with van der Waals surface area (Å²) in [6.45, 7) is 3.92. The maximum absolute atomic E-state index is 11.6. The molecule has 0 bridgehead atoms. The second kappa shape index (κ2) is 4.15. The molecule has 2 nitrogen and oxygen atoms in total. The van der Waals surface area contributed by atoms with Crippen molar-refractivity contribution in [3.63, 3.8) is 0 Å². The van der Waals surface area contributed by atoms with Crippen LogP contribution >= 0.6 is 0 Å². The van der Waals surface area contributed by atoms with Crippen molar-refractivity contribution < 1.29 is 4.79 Å². The van der Waals surface area contributed by atoms with Crippen molar-refractivity contribution in [2.24, 2.45) is 5.92 Å². The lowest BCUT2D eigenvalue weighted by molar-refractivity contribution is -0.121. The van der Waals surface area contributed by atoms with E-state index >= 15 is 0 Å². The van der Waals surface area contributed by atoms with Gasteiger partial charge in [-0.2, -0.15) is 0 Å². The minimum absolute atomic E-state index is 0.102. The van der Waals surface area contributed by atoms with Crippen LogP contribution in [-0.4, -0.2) is 17.9 Å². The second-order valence-electron chi connectivity index (χ2n) is 4.50. The molecule has 1 heterocycles. The summed E-state index contributed by atoms with van der Waals surface area (Å²) < 4.78 is 0. The Labute approximate surface area is 90.7 Å². The molecule has 0 aliphatic carbocycles. The molecule has 1 aromatic carbocycles. The Morgan fingerprint density at radius 1 is 1.33 bits per heavy atom. The van der Waals surface area contributed by atoms with Crippen LogP contribution < -0.4 is 5.32 Å². The van der Waals surface area contributed by atoms with Crippen molar-refractivity contribution in [1.82, 2.24) is 5.32 Å². The van der Waals surface area contributed by atoms with Gasteiger partial charge in [0.2, 0.25) is 0 Å². The van der Waals surface area contributed by atoms with E-state index in [4.69, 9.17) is 0 Å². The number of hydrogen-bond donors (Lipinski definition) is 1. The van der Waals surface area contributed by atoms with Crippen LogP contribution in [0.25, 0.3) is 0 Å². The first kappa shape index (κ1) is 10.4. The highest BCUT2D eigenvalue weighted by Gasteiger charge is 2.42. The summed E-state index contributed by atoms with van der Waals surface area (Å²) in [7, 11) is 0. The van der Waals surface area contributed by atoms with Gasteiger partial charge in [-0.25, -0.2) is 0 Å². The summed E-state index contributed by atoms with van der Waals surface area (Å²) in [5.74, 6) is 0.485. The minimum Gasteiger partial charge on any atom is -0.301 e. The fourth-order valence-electron chi connectivity index (χ4n) is 1.86. The average molecular weight is 203 g/mol. The normalized spacial score (nSPS) is 24.2. The van der Waals surface area contributed by atoms with Gasteiger partial charge in [0, 0.05) is 12.0 Å². The zero-order valence-corrected chi connectivity index (χ0v) is 9.23. The predicted molar refractivity (Wildman–Crippen MR) is 60.7 cm³/mol. The van der Waals surface area contributed by atoms with Crippen molar-refractivity contribution in [3.8, 4) is 0 Å². The van der Waals surface area contributed by atoms with Gasteiger partial charge in [0.15, 0.2) is 5.78 Å². The van der Waals surface area contributed by atoms with Gasteiger partial charge in [0.05, 0.1) is 6.04 Å².